The van der Waals surface area contributed by atoms with Gasteiger partial charge in [0.15, 0.2) is 0 Å². The summed E-state index contributed by atoms with van der Waals surface area (Å²) in [5, 5.41) is 22.2. The summed E-state index contributed by atoms with van der Waals surface area (Å²) in [6.45, 7) is 8.74. The highest BCUT2D eigenvalue weighted by molar-refractivity contribution is 5.02. The third kappa shape index (κ3) is 2.71. The van der Waals surface area contributed by atoms with Crippen LogP contribution in [0.3, 0.4) is 0 Å². The van der Waals surface area contributed by atoms with Crippen LogP contribution < -0.4 is 5.32 Å². The molecule has 1 aliphatic carbocycles. The number of hydrogen-bond acceptors (Lipinski definition) is 3. The largest absolute Gasteiger partial charge is 0.396 e. The van der Waals surface area contributed by atoms with Gasteiger partial charge in [-0.25, -0.2) is 0 Å². The summed E-state index contributed by atoms with van der Waals surface area (Å²) in [5.74, 6) is 0.519. The van der Waals surface area contributed by atoms with Crippen molar-refractivity contribution in [1.82, 2.24) is 5.32 Å². The number of rotatable bonds is 5. The van der Waals surface area contributed by atoms with Gasteiger partial charge in [0.1, 0.15) is 0 Å². The van der Waals surface area contributed by atoms with Gasteiger partial charge in [-0.2, -0.15) is 0 Å². The van der Waals surface area contributed by atoms with Gasteiger partial charge >= 0.3 is 0 Å². The predicted octanol–water partition coefficient (Wildman–Crippen LogP) is 1.14. The molecule has 0 heterocycles. The first-order valence-electron chi connectivity index (χ1n) is 5.94. The molecule has 3 nitrogen and oxygen atoms in total. The molecule has 0 radical (unpaired) electrons. The molecule has 1 rings (SSSR count). The van der Waals surface area contributed by atoms with Crippen LogP contribution in [0.2, 0.25) is 0 Å². The third-order valence-corrected chi connectivity index (χ3v) is 3.88. The standard InChI is InChI=1S/C12H25NO2/c1-8(2)9(5-6-14)13-10-7-11(15)12(10,3)4/h8-11,13-15H,5-7H2,1-4H3. The monoisotopic (exact) mass is 215 g/mol. The van der Waals surface area contributed by atoms with Crippen LogP contribution in [0.5, 0.6) is 0 Å². The third-order valence-electron chi connectivity index (χ3n) is 3.88. The predicted molar refractivity (Wildman–Crippen MR) is 61.7 cm³/mol. The first-order chi connectivity index (χ1) is 6.89. The topological polar surface area (TPSA) is 52.5 Å². The van der Waals surface area contributed by atoms with Crippen molar-refractivity contribution in [2.45, 2.75) is 58.7 Å². The quantitative estimate of drug-likeness (QED) is 0.644. The maximum Gasteiger partial charge on any atom is 0.0621 e. The number of nitrogens with one attached hydrogen (secondary N) is 1. The van der Waals surface area contributed by atoms with Gasteiger partial charge in [0.2, 0.25) is 0 Å². The molecule has 3 heteroatoms. The van der Waals surface area contributed by atoms with E-state index in [9.17, 15) is 5.11 Å². The molecular weight excluding hydrogens is 190 g/mol. The molecule has 0 bridgehead atoms. The molecule has 0 saturated heterocycles. The summed E-state index contributed by atoms with van der Waals surface area (Å²) in [5.41, 5.74) is -0.0252. The molecule has 3 N–H and O–H groups in total. The molecule has 0 amide bonds. The smallest absolute Gasteiger partial charge is 0.0621 e. The van der Waals surface area contributed by atoms with Gasteiger partial charge in [-0.1, -0.05) is 27.7 Å². The Morgan fingerprint density at radius 1 is 1.40 bits per heavy atom. The maximum absolute atomic E-state index is 9.64. The SMILES string of the molecule is CC(C)C(CCO)NC1CC(O)C1(C)C. The summed E-state index contributed by atoms with van der Waals surface area (Å²) in [6, 6.07) is 0.734. The van der Waals surface area contributed by atoms with Crippen molar-refractivity contribution in [3.63, 3.8) is 0 Å². The van der Waals surface area contributed by atoms with Gasteiger partial charge in [-0.15, -0.1) is 0 Å². The average Bonchev–Trinajstić information content (AvgIpc) is 2.15. The lowest BCUT2D eigenvalue weighted by atomic mass is 9.64. The molecule has 1 aliphatic rings. The molecule has 0 aromatic heterocycles. The van der Waals surface area contributed by atoms with Crippen LogP contribution in [0.1, 0.15) is 40.5 Å². The fourth-order valence-electron chi connectivity index (χ4n) is 2.19. The van der Waals surface area contributed by atoms with E-state index in [1.165, 1.54) is 0 Å². The fourth-order valence-corrected chi connectivity index (χ4v) is 2.19. The Labute approximate surface area is 92.9 Å². The second-order valence-corrected chi connectivity index (χ2v) is 5.65. The van der Waals surface area contributed by atoms with E-state index in [0.717, 1.165) is 12.8 Å². The lowest BCUT2D eigenvalue weighted by Gasteiger charge is -2.51. The lowest BCUT2D eigenvalue weighted by Crippen LogP contribution is -2.62. The van der Waals surface area contributed by atoms with Crippen LogP contribution >= 0.6 is 0 Å². The minimum absolute atomic E-state index is 0.0252. The fraction of sp³-hybridized carbons (Fsp3) is 1.00. The van der Waals surface area contributed by atoms with E-state index in [-0.39, 0.29) is 18.1 Å². The Bertz CT molecular complexity index is 202. The van der Waals surface area contributed by atoms with E-state index < -0.39 is 0 Å². The zero-order chi connectivity index (χ0) is 11.6. The van der Waals surface area contributed by atoms with Crippen molar-refractivity contribution < 1.29 is 10.2 Å². The van der Waals surface area contributed by atoms with Crippen LogP contribution in [-0.2, 0) is 0 Å². The van der Waals surface area contributed by atoms with E-state index in [2.05, 4.69) is 33.0 Å². The highest BCUT2D eigenvalue weighted by Crippen LogP contribution is 2.40. The Morgan fingerprint density at radius 3 is 2.33 bits per heavy atom. The van der Waals surface area contributed by atoms with E-state index in [0.29, 0.717) is 18.0 Å². The first-order valence-corrected chi connectivity index (χ1v) is 5.94. The van der Waals surface area contributed by atoms with Crippen molar-refractivity contribution in [2.75, 3.05) is 6.61 Å². The summed E-state index contributed by atoms with van der Waals surface area (Å²) in [7, 11) is 0. The molecule has 1 fully saturated rings. The Morgan fingerprint density at radius 2 is 2.00 bits per heavy atom. The van der Waals surface area contributed by atoms with E-state index in [1.807, 2.05) is 0 Å². The van der Waals surface area contributed by atoms with Gasteiger partial charge in [0, 0.05) is 24.1 Å². The van der Waals surface area contributed by atoms with Crippen molar-refractivity contribution in [1.29, 1.82) is 0 Å². The minimum atomic E-state index is -0.183. The van der Waals surface area contributed by atoms with Crippen LogP contribution in [0, 0.1) is 11.3 Å². The molecule has 0 aromatic rings. The van der Waals surface area contributed by atoms with Gasteiger partial charge in [-0.05, 0) is 18.8 Å². The number of aliphatic hydroxyl groups excluding tert-OH is 2. The second-order valence-electron chi connectivity index (χ2n) is 5.65. The zero-order valence-corrected chi connectivity index (χ0v) is 10.3. The number of aliphatic hydroxyl groups is 2. The minimum Gasteiger partial charge on any atom is -0.396 e. The summed E-state index contributed by atoms with van der Waals surface area (Å²) in [6.07, 6.45) is 1.44. The summed E-state index contributed by atoms with van der Waals surface area (Å²) in [4.78, 5) is 0. The normalized spacial score (nSPS) is 31.4. The van der Waals surface area contributed by atoms with Crippen LogP contribution in [0.15, 0.2) is 0 Å². The van der Waals surface area contributed by atoms with Gasteiger partial charge < -0.3 is 15.5 Å². The highest BCUT2D eigenvalue weighted by Gasteiger charge is 2.47. The van der Waals surface area contributed by atoms with Crippen molar-refractivity contribution in [3.05, 3.63) is 0 Å². The lowest BCUT2D eigenvalue weighted by molar-refractivity contribution is -0.0781. The summed E-state index contributed by atoms with van der Waals surface area (Å²) < 4.78 is 0. The molecule has 0 spiro atoms. The Hall–Kier alpha value is -0.120. The van der Waals surface area contributed by atoms with Crippen LogP contribution in [-0.4, -0.2) is 35.0 Å². The maximum atomic E-state index is 9.64. The highest BCUT2D eigenvalue weighted by atomic mass is 16.3. The molecule has 15 heavy (non-hydrogen) atoms. The van der Waals surface area contributed by atoms with Crippen LogP contribution in [0.25, 0.3) is 0 Å². The van der Waals surface area contributed by atoms with E-state index >= 15 is 0 Å². The number of hydrogen-bond donors (Lipinski definition) is 3. The van der Waals surface area contributed by atoms with E-state index in [1.54, 1.807) is 0 Å². The zero-order valence-electron chi connectivity index (χ0n) is 10.3. The van der Waals surface area contributed by atoms with Gasteiger partial charge in [0.25, 0.3) is 0 Å². The molecule has 90 valence electrons. The molecule has 0 aliphatic heterocycles. The molecule has 3 atom stereocenters. The Kier molecular flexibility index (Phi) is 4.15. The van der Waals surface area contributed by atoms with Crippen LogP contribution in [0.4, 0.5) is 0 Å². The Balaban J connectivity index is 2.46. The van der Waals surface area contributed by atoms with Crippen molar-refractivity contribution in [3.8, 4) is 0 Å². The second kappa shape index (κ2) is 4.81. The average molecular weight is 215 g/mol. The van der Waals surface area contributed by atoms with Gasteiger partial charge in [0.05, 0.1) is 6.10 Å². The first kappa shape index (κ1) is 12.9. The molecule has 0 aromatic carbocycles. The van der Waals surface area contributed by atoms with Crippen molar-refractivity contribution in [2.24, 2.45) is 11.3 Å². The molecule has 1 saturated carbocycles. The van der Waals surface area contributed by atoms with Crippen molar-refractivity contribution >= 4 is 0 Å². The molecule has 3 unspecified atom stereocenters. The van der Waals surface area contributed by atoms with E-state index in [4.69, 9.17) is 5.11 Å². The van der Waals surface area contributed by atoms with Gasteiger partial charge in [-0.3, -0.25) is 0 Å². The summed E-state index contributed by atoms with van der Waals surface area (Å²) >= 11 is 0. The molecular formula is C12H25NO2.